The van der Waals surface area contributed by atoms with Gasteiger partial charge in [0.25, 0.3) is 0 Å². The van der Waals surface area contributed by atoms with Crippen molar-refractivity contribution in [1.82, 2.24) is 10.6 Å². The quantitative estimate of drug-likeness (QED) is 0.573. The highest BCUT2D eigenvalue weighted by Crippen LogP contribution is 2.06. The molecular formula is C11H20N2O3. The molecule has 2 atom stereocenters. The summed E-state index contributed by atoms with van der Waals surface area (Å²) in [6.07, 6.45) is 3.27. The maximum absolute atomic E-state index is 11.5. The summed E-state index contributed by atoms with van der Waals surface area (Å²) >= 11 is 0. The molecule has 5 nitrogen and oxygen atoms in total. The summed E-state index contributed by atoms with van der Waals surface area (Å²) in [7, 11) is 0. The second kappa shape index (κ2) is 6.48. The number of hydrogen-bond donors (Lipinski definition) is 3. The predicted octanol–water partition coefficient (Wildman–Crippen LogP) is 0.356. The fourth-order valence-corrected chi connectivity index (χ4v) is 1.77. The van der Waals surface area contributed by atoms with Crippen molar-refractivity contribution in [1.29, 1.82) is 0 Å². The van der Waals surface area contributed by atoms with E-state index in [9.17, 15) is 9.59 Å². The van der Waals surface area contributed by atoms with E-state index < -0.39 is 5.97 Å². The van der Waals surface area contributed by atoms with E-state index in [1.807, 2.05) is 0 Å². The Bertz CT molecular complexity index is 250. The van der Waals surface area contributed by atoms with Crippen LogP contribution in [0.5, 0.6) is 0 Å². The summed E-state index contributed by atoms with van der Waals surface area (Å²) in [5, 5.41) is 14.6. The van der Waals surface area contributed by atoms with Crippen LogP contribution >= 0.6 is 0 Å². The average molecular weight is 228 g/mol. The van der Waals surface area contributed by atoms with Crippen LogP contribution in [-0.2, 0) is 9.59 Å². The molecule has 0 bridgehead atoms. The number of rotatable bonds is 6. The number of carbonyl (C=O) groups is 2. The summed E-state index contributed by atoms with van der Waals surface area (Å²) in [6, 6.07) is -0.0445. The molecule has 16 heavy (non-hydrogen) atoms. The van der Waals surface area contributed by atoms with Gasteiger partial charge < -0.3 is 15.7 Å². The van der Waals surface area contributed by atoms with Crippen molar-refractivity contribution >= 4 is 11.9 Å². The first-order chi connectivity index (χ1) is 7.61. The number of carbonyl (C=O) groups excluding carboxylic acids is 1. The normalized spacial score (nSPS) is 21.7. The van der Waals surface area contributed by atoms with E-state index >= 15 is 0 Å². The lowest BCUT2D eigenvalue weighted by Crippen LogP contribution is -2.40. The smallest absolute Gasteiger partial charge is 0.306 e. The highest BCUT2D eigenvalue weighted by atomic mass is 16.4. The van der Waals surface area contributed by atoms with Gasteiger partial charge in [0, 0.05) is 6.54 Å². The molecule has 1 amide bonds. The first-order valence-electron chi connectivity index (χ1n) is 5.85. The zero-order valence-corrected chi connectivity index (χ0v) is 9.66. The van der Waals surface area contributed by atoms with Crippen molar-refractivity contribution in [2.24, 2.45) is 5.92 Å². The number of carboxylic acid groups (broad SMARTS) is 1. The van der Waals surface area contributed by atoms with Gasteiger partial charge in [-0.3, -0.25) is 9.59 Å². The third kappa shape index (κ3) is 4.18. The summed E-state index contributed by atoms with van der Waals surface area (Å²) in [6.45, 7) is 3.16. The average Bonchev–Trinajstić information content (AvgIpc) is 2.76. The monoisotopic (exact) mass is 228 g/mol. The van der Waals surface area contributed by atoms with Crippen molar-refractivity contribution in [2.45, 2.75) is 38.6 Å². The second-order valence-electron chi connectivity index (χ2n) is 4.32. The van der Waals surface area contributed by atoms with Gasteiger partial charge in [-0.1, -0.05) is 6.92 Å². The lowest BCUT2D eigenvalue weighted by atomic mass is 10.1. The van der Waals surface area contributed by atoms with Crippen molar-refractivity contribution in [3.63, 3.8) is 0 Å². The van der Waals surface area contributed by atoms with Gasteiger partial charge in [-0.15, -0.1) is 0 Å². The Morgan fingerprint density at radius 3 is 2.88 bits per heavy atom. The first kappa shape index (κ1) is 13.0. The summed E-state index contributed by atoms with van der Waals surface area (Å²) in [5.41, 5.74) is 0. The topological polar surface area (TPSA) is 78.4 Å². The molecule has 0 aromatic heterocycles. The molecule has 5 heteroatoms. The van der Waals surface area contributed by atoms with Crippen LogP contribution in [0.4, 0.5) is 0 Å². The Hall–Kier alpha value is -1.10. The first-order valence-corrected chi connectivity index (χ1v) is 5.85. The SMILES string of the molecule is CC(CCCNC(=O)C1CCCN1)C(=O)O. The molecule has 0 aliphatic carbocycles. The molecule has 1 aliphatic rings. The number of amides is 1. The Kier molecular flexibility index (Phi) is 5.25. The van der Waals surface area contributed by atoms with Crippen molar-refractivity contribution in [2.75, 3.05) is 13.1 Å². The maximum atomic E-state index is 11.5. The van der Waals surface area contributed by atoms with Gasteiger partial charge in [0.2, 0.25) is 5.91 Å². The third-order valence-corrected chi connectivity index (χ3v) is 2.91. The van der Waals surface area contributed by atoms with Gasteiger partial charge in [0.1, 0.15) is 0 Å². The minimum atomic E-state index is -0.774. The van der Waals surface area contributed by atoms with E-state index in [0.29, 0.717) is 19.4 Å². The molecule has 2 unspecified atom stereocenters. The van der Waals surface area contributed by atoms with Crippen LogP contribution in [0.25, 0.3) is 0 Å². The number of carboxylic acids is 1. The molecular weight excluding hydrogens is 208 g/mol. The highest BCUT2D eigenvalue weighted by Gasteiger charge is 2.21. The van der Waals surface area contributed by atoms with Crippen LogP contribution in [-0.4, -0.2) is 36.1 Å². The molecule has 1 heterocycles. The van der Waals surface area contributed by atoms with Gasteiger partial charge in [-0.25, -0.2) is 0 Å². The van der Waals surface area contributed by atoms with Crippen molar-refractivity contribution in [3.8, 4) is 0 Å². The Labute approximate surface area is 95.6 Å². The van der Waals surface area contributed by atoms with Crippen LogP contribution in [0.1, 0.15) is 32.6 Å². The Morgan fingerprint density at radius 2 is 2.31 bits per heavy atom. The molecule has 3 N–H and O–H groups in total. The van der Waals surface area contributed by atoms with Crippen LogP contribution < -0.4 is 10.6 Å². The minimum Gasteiger partial charge on any atom is -0.481 e. The van der Waals surface area contributed by atoms with Crippen LogP contribution in [0.15, 0.2) is 0 Å². The molecule has 1 aliphatic heterocycles. The molecule has 1 fully saturated rings. The van der Waals surface area contributed by atoms with E-state index in [0.717, 1.165) is 19.4 Å². The van der Waals surface area contributed by atoms with Crippen LogP contribution in [0, 0.1) is 5.92 Å². The van der Waals surface area contributed by atoms with Gasteiger partial charge in [-0.05, 0) is 32.2 Å². The summed E-state index contributed by atoms with van der Waals surface area (Å²) in [5.74, 6) is -1.06. The molecule has 1 saturated heterocycles. The van der Waals surface area contributed by atoms with Gasteiger partial charge >= 0.3 is 5.97 Å². The summed E-state index contributed by atoms with van der Waals surface area (Å²) in [4.78, 5) is 22.1. The fourth-order valence-electron chi connectivity index (χ4n) is 1.77. The predicted molar refractivity (Wildman–Crippen MR) is 60.1 cm³/mol. The second-order valence-corrected chi connectivity index (χ2v) is 4.32. The Morgan fingerprint density at radius 1 is 1.56 bits per heavy atom. The number of aliphatic carboxylic acids is 1. The highest BCUT2D eigenvalue weighted by molar-refractivity contribution is 5.81. The molecule has 0 saturated carbocycles. The van der Waals surface area contributed by atoms with Gasteiger partial charge in [-0.2, -0.15) is 0 Å². The molecule has 0 spiro atoms. The third-order valence-electron chi connectivity index (χ3n) is 2.91. The lowest BCUT2D eigenvalue weighted by molar-refractivity contribution is -0.141. The van der Waals surface area contributed by atoms with Crippen molar-refractivity contribution < 1.29 is 14.7 Å². The van der Waals surface area contributed by atoms with E-state index in [4.69, 9.17) is 5.11 Å². The van der Waals surface area contributed by atoms with E-state index in [1.165, 1.54) is 0 Å². The van der Waals surface area contributed by atoms with E-state index in [-0.39, 0.29) is 17.9 Å². The Balaban J connectivity index is 2.06. The molecule has 0 radical (unpaired) electrons. The molecule has 92 valence electrons. The van der Waals surface area contributed by atoms with Gasteiger partial charge in [0.15, 0.2) is 0 Å². The number of hydrogen-bond acceptors (Lipinski definition) is 3. The largest absolute Gasteiger partial charge is 0.481 e. The molecule has 0 aromatic carbocycles. The number of nitrogens with one attached hydrogen (secondary N) is 2. The van der Waals surface area contributed by atoms with Crippen molar-refractivity contribution in [3.05, 3.63) is 0 Å². The van der Waals surface area contributed by atoms with Crippen LogP contribution in [0.2, 0.25) is 0 Å². The van der Waals surface area contributed by atoms with Crippen LogP contribution in [0.3, 0.4) is 0 Å². The zero-order valence-electron chi connectivity index (χ0n) is 9.66. The standard InChI is InChI=1S/C11H20N2O3/c1-8(11(15)16)4-2-7-13-10(14)9-5-3-6-12-9/h8-9,12H,2-7H2,1H3,(H,13,14)(H,15,16). The molecule has 1 rings (SSSR count). The minimum absolute atomic E-state index is 0.0421. The maximum Gasteiger partial charge on any atom is 0.306 e. The zero-order chi connectivity index (χ0) is 12.0. The molecule has 0 aromatic rings. The summed E-state index contributed by atoms with van der Waals surface area (Å²) < 4.78 is 0. The van der Waals surface area contributed by atoms with Gasteiger partial charge in [0.05, 0.1) is 12.0 Å². The fraction of sp³-hybridized carbons (Fsp3) is 0.818. The lowest BCUT2D eigenvalue weighted by Gasteiger charge is -2.11. The van der Waals surface area contributed by atoms with E-state index in [1.54, 1.807) is 6.92 Å². The van der Waals surface area contributed by atoms with E-state index in [2.05, 4.69) is 10.6 Å².